The van der Waals surface area contributed by atoms with Gasteiger partial charge in [0.05, 0.1) is 6.61 Å². The minimum Gasteiger partial charge on any atom is -0.491 e. The summed E-state index contributed by atoms with van der Waals surface area (Å²) in [6.07, 6.45) is -0.397. The fraction of sp³-hybridized carbons (Fsp3) is 0.250. The molecule has 1 saturated heterocycles. The third-order valence-electron chi connectivity index (χ3n) is 3.14. The molecule has 2 atom stereocenters. The van der Waals surface area contributed by atoms with Crippen molar-refractivity contribution in [2.24, 2.45) is 0 Å². The average Bonchev–Trinajstić information content (AvgIpc) is 2.96. The van der Waals surface area contributed by atoms with Crippen LogP contribution in [0, 0.1) is 0 Å². The molecule has 1 aliphatic heterocycles. The van der Waals surface area contributed by atoms with Crippen molar-refractivity contribution in [3.05, 3.63) is 63.6 Å². The van der Waals surface area contributed by atoms with E-state index >= 15 is 0 Å². The predicted molar refractivity (Wildman–Crippen MR) is 84.7 cm³/mol. The largest absolute Gasteiger partial charge is 0.491 e. The van der Waals surface area contributed by atoms with Crippen LogP contribution in [0.15, 0.2) is 53.0 Å². The molecule has 0 saturated carbocycles. The van der Waals surface area contributed by atoms with Crippen LogP contribution in [0.5, 0.6) is 5.75 Å². The van der Waals surface area contributed by atoms with Crippen molar-refractivity contribution in [3.63, 3.8) is 0 Å². The molecule has 1 heterocycles. The van der Waals surface area contributed by atoms with Crippen LogP contribution in [-0.2, 0) is 9.47 Å². The summed E-state index contributed by atoms with van der Waals surface area (Å²) in [6.45, 7) is 0.975. The maximum Gasteiger partial charge on any atom is 0.184 e. The molecule has 2 aromatic rings. The van der Waals surface area contributed by atoms with Gasteiger partial charge in [0.15, 0.2) is 6.29 Å². The first kappa shape index (κ1) is 14.9. The highest BCUT2D eigenvalue weighted by molar-refractivity contribution is 9.10. The van der Waals surface area contributed by atoms with E-state index in [0.717, 1.165) is 15.8 Å². The van der Waals surface area contributed by atoms with Crippen LogP contribution in [-0.4, -0.2) is 19.3 Å². The molecule has 5 heteroatoms. The molecule has 3 rings (SSSR count). The van der Waals surface area contributed by atoms with Crippen molar-refractivity contribution >= 4 is 27.5 Å². The first-order valence-corrected chi connectivity index (χ1v) is 7.79. The normalized spacial score (nSPS) is 21.4. The molecule has 0 radical (unpaired) electrons. The quantitative estimate of drug-likeness (QED) is 0.788. The van der Waals surface area contributed by atoms with Crippen molar-refractivity contribution in [2.45, 2.75) is 12.4 Å². The second-order valence-corrected chi connectivity index (χ2v) is 6.09. The van der Waals surface area contributed by atoms with Crippen LogP contribution < -0.4 is 4.74 Å². The lowest BCUT2D eigenvalue weighted by atomic mass is 10.2. The number of hydrogen-bond acceptors (Lipinski definition) is 3. The van der Waals surface area contributed by atoms with Crippen LogP contribution in [0.2, 0.25) is 5.02 Å². The predicted octanol–water partition coefficient (Wildman–Crippen LogP) is 4.60. The van der Waals surface area contributed by atoms with Gasteiger partial charge in [-0.3, -0.25) is 0 Å². The number of benzene rings is 2. The Morgan fingerprint density at radius 1 is 1.10 bits per heavy atom. The Labute approximate surface area is 136 Å². The standard InChI is InChI=1S/C16H14BrClO3/c17-12-3-1-11(2-4-12)16-20-10-15(21-16)9-19-14-7-5-13(18)6-8-14/h1-8,15-16H,9-10H2/t15-,16+/m1/s1. The molecular weight excluding hydrogens is 356 g/mol. The molecule has 21 heavy (non-hydrogen) atoms. The maximum atomic E-state index is 5.84. The summed E-state index contributed by atoms with van der Waals surface area (Å²) in [5, 5.41) is 0.693. The highest BCUT2D eigenvalue weighted by Crippen LogP contribution is 2.28. The van der Waals surface area contributed by atoms with Gasteiger partial charge < -0.3 is 14.2 Å². The van der Waals surface area contributed by atoms with Crippen LogP contribution in [0.1, 0.15) is 11.9 Å². The van der Waals surface area contributed by atoms with Gasteiger partial charge in [-0.25, -0.2) is 0 Å². The van der Waals surface area contributed by atoms with Crippen molar-refractivity contribution in [1.82, 2.24) is 0 Å². The third kappa shape index (κ3) is 3.98. The van der Waals surface area contributed by atoms with Gasteiger partial charge in [-0.2, -0.15) is 0 Å². The van der Waals surface area contributed by atoms with Crippen molar-refractivity contribution in [3.8, 4) is 5.75 Å². The smallest absolute Gasteiger partial charge is 0.184 e. The number of ether oxygens (including phenoxy) is 3. The molecule has 3 nitrogen and oxygen atoms in total. The molecule has 1 fully saturated rings. The number of halogens is 2. The Balaban J connectivity index is 1.52. The van der Waals surface area contributed by atoms with Crippen LogP contribution in [0.3, 0.4) is 0 Å². The lowest BCUT2D eigenvalue weighted by Crippen LogP contribution is -2.19. The van der Waals surface area contributed by atoms with E-state index in [2.05, 4.69) is 15.9 Å². The van der Waals surface area contributed by atoms with E-state index in [1.807, 2.05) is 36.4 Å². The molecule has 2 aromatic carbocycles. The van der Waals surface area contributed by atoms with Crippen molar-refractivity contribution < 1.29 is 14.2 Å². The van der Waals surface area contributed by atoms with Crippen molar-refractivity contribution in [1.29, 1.82) is 0 Å². The molecular formula is C16H14BrClO3. The Hall–Kier alpha value is -1.07. The van der Waals surface area contributed by atoms with Gasteiger partial charge in [-0.15, -0.1) is 0 Å². The lowest BCUT2D eigenvalue weighted by Gasteiger charge is -2.13. The summed E-state index contributed by atoms with van der Waals surface area (Å²) in [5.41, 5.74) is 1.01. The molecule has 110 valence electrons. The minimum absolute atomic E-state index is 0.0747. The zero-order chi connectivity index (χ0) is 14.7. The molecule has 0 amide bonds. The van der Waals surface area contributed by atoms with Crippen LogP contribution in [0.25, 0.3) is 0 Å². The third-order valence-corrected chi connectivity index (χ3v) is 3.92. The second-order valence-electron chi connectivity index (χ2n) is 4.74. The molecule has 0 aliphatic carbocycles. The van der Waals surface area contributed by atoms with Crippen LogP contribution >= 0.6 is 27.5 Å². The zero-order valence-electron chi connectivity index (χ0n) is 11.2. The summed E-state index contributed by atoms with van der Waals surface area (Å²) >= 11 is 9.24. The lowest BCUT2D eigenvalue weighted by molar-refractivity contribution is -0.0659. The van der Waals surface area contributed by atoms with Gasteiger partial charge in [0.1, 0.15) is 18.5 Å². The SMILES string of the molecule is Clc1ccc(OC[C@@H]2CO[C@H](c3ccc(Br)cc3)O2)cc1. The number of hydrogen-bond donors (Lipinski definition) is 0. The van der Waals surface area contributed by atoms with Gasteiger partial charge >= 0.3 is 0 Å². The summed E-state index contributed by atoms with van der Waals surface area (Å²) < 4.78 is 18.2. The highest BCUT2D eigenvalue weighted by atomic mass is 79.9. The van der Waals surface area contributed by atoms with E-state index in [0.29, 0.717) is 18.2 Å². The molecule has 0 aromatic heterocycles. The fourth-order valence-corrected chi connectivity index (χ4v) is 2.44. The summed E-state index contributed by atoms with van der Waals surface area (Å²) in [4.78, 5) is 0. The summed E-state index contributed by atoms with van der Waals surface area (Å²) in [6, 6.07) is 15.2. The minimum atomic E-state index is -0.322. The Morgan fingerprint density at radius 2 is 1.81 bits per heavy atom. The molecule has 0 spiro atoms. The van der Waals surface area contributed by atoms with E-state index < -0.39 is 0 Å². The van der Waals surface area contributed by atoms with E-state index in [4.69, 9.17) is 25.8 Å². The Morgan fingerprint density at radius 3 is 2.52 bits per heavy atom. The van der Waals surface area contributed by atoms with E-state index in [1.54, 1.807) is 12.1 Å². The summed E-state index contributed by atoms with van der Waals surface area (Å²) in [5.74, 6) is 0.773. The number of rotatable bonds is 4. The topological polar surface area (TPSA) is 27.7 Å². The molecule has 0 N–H and O–H groups in total. The molecule has 0 bridgehead atoms. The summed E-state index contributed by atoms with van der Waals surface area (Å²) in [7, 11) is 0. The first-order valence-electron chi connectivity index (χ1n) is 6.61. The van der Waals surface area contributed by atoms with E-state index in [1.165, 1.54) is 0 Å². The highest BCUT2D eigenvalue weighted by Gasteiger charge is 2.27. The van der Waals surface area contributed by atoms with E-state index in [-0.39, 0.29) is 12.4 Å². The van der Waals surface area contributed by atoms with Gasteiger partial charge in [0.25, 0.3) is 0 Å². The van der Waals surface area contributed by atoms with Gasteiger partial charge in [-0.05, 0) is 36.4 Å². The van der Waals surface area contributed by atoms with Gasteiger partial charge in [0.2, 0.25) is 0 Å². The first-order chi connectivity index (χ1) is 10.2. The zero-order valence-corrected chi connectivity index (χ0v) is 13.5. The average molecular weight is 370 g/mol. The monoisotopic (exact) mass is 368 g/mol. The second kappa shape index (κ2) is 6.79. The Bertz CT molecular complexity index is 585. The fourth-order valence-electron chi connectivity index (χ4n) is 2.05. The maximum absolute atomic E-state index is 5.84. The van der Waals surface area contributed by atoms with Gasteiger partial charge in [-0.1, -0.05) is 39.7 Å². The van der Waals surface area contributed by atoms with E-state index in [9.17, 15) is 0 Å². The van der Waals surface area contributed by atoms with Gasteiger partial charge in [0, 0.05) is 15.1 Å². The molecule has 0 unspecified atom stereocenters. The van der Waals surface area contributed by atoms with Crippen LogP contribution in [0.4, 0.5) is 0 Å². The van der Waals surface area contributed by atoms with Crippen molar-refractivity contribution in [2.75, 3.05) is 13.2 Å². The molecule has 1 aliphatic rings. The Kier molecular flexibility index (Phi) is 4.80.